The summed E-state index contributed by atoms with van der Waals surface area (Å²) in [7, 11) is 0. The maximum Gasteiger partial charge on any atom is 0.0208 e. The van der Waals surface area contributed by atoms with Gasteiger partial charge in [-0.25, -0.2) is 0 Å². The van der Waals surface area contributed by atoms with Crippen LogP contribution >= 0.6 is 0 Å². The molecule has 2 saturated heterocycles. The zero-order chi connectivity index (χ0) is 11.7. The number of benzene rings is 1. The Morgan fingerprint density at radius 1 is 1.12 bits per heavy atom. The van der Waals surface area contributed by atoms with E-state index in [1.54, 1.807) is 0 Å². The molecule has 1 unspecified atom stereocenters. The Kier molecular flexibility index (Phi) is 3.17. The van der Waals surface area contributed by atoms with Crippen LogP contribution in [0.15, 0.2) is 24.3 Å². The Bertz CT molecular complexity index is 359. The molecular formula is C15H22N2. The molecule has 3 atom stereocenters. The van der Waals surface area contributed by atoms with E-state index in [4.69, 9.17) is 0 Å². The number of rotatable bonds is 3. The molecule has 2 fully saturated rings. The van der Waals surface area contributed by atoms with Crippen LogP contribution in [0.5, 0.6) is 0 Å². The Balaban J connectivity index is 1.52. The third-order valence-electron chi connectivity index (χ3n) is 4.19. The number of piperidine rings is 1. The highest BCUT2D eigenvalue weighted by Crippen LogP contribution is 2.26. The van der Waals surface area contributed by atoms with Crippen molar-refractivity contribution < 1.29 is 0 Å². The molecule has 2 aliphatic heterocycles. The summed E-state index contributed by atoms with van der Waals surface area (Å²) in [6.07, 6.45) is 5.38. The molecule has 0 aliphatic carbocycles. The van der Waals surface area contributed by atoms with Crippen LogP contribution in [-0.4, -0.2) is 18.1 Å². The monoisotopic (exact) mass is 230 g/mol. The molecule has 3 rings (SSSR count). The van der Waals surface area contributed by atoms with Crippen molar-refractivity contribution in [3.05, 3.63) is 35.4 Å². The minimum Gasteiger partial charge on any atom is -0.311 e. The van der Waals surface area contributed by atoms with Crippen LogP contribution in [-0.2, 0) is 6.54 Å². The van der Waals surface area contributed by atoms with Crippen LogP contribution in [0.4, 0.5) is 0 Å². The Morgan fingerprint density at radius 2 is 1.76 bits per heavy atom. The second kappa shape index (κ2) is 4.79. The van der Waals surface area contributed by atoms with Gasteiger partial charge in [0.1, 0.15) is 0 Å². The summed E-state index contributed by atoms with van der Waals surface area (Å²) in [5, 5.41) is 7.40. The highest BCUT2D eigenvalue weighted by Gasteiger charge is 2.32. The van der Waals surface area contributed by atoms with Crippen molar-refractivity contribution in [1.29, 1.82) is 0 Å². The SMILES string of the molecule is Cc1ccc(CNC2C[C@H]3CC[C@@H](C2)N3)cc1. The van der Waals surface area contributed by atoms with E-state index in [9.17, 15) is 0 Å². The molecule has 1 aromatic rings. The van der Waals surface area contributed by atoms with Crippen molar-refractivity contribution in [2.75, 3.05) is 0 Å². The van der Waals surface area contributed by atoms with Gasteiger partial charge in [0.2, 0.25) is 0 Å². The fraction of sp³-hybridized carbons (Fsp3) is 0.600. The van der Waals surface area contributed by atoms with Crippen LogP contribution in [0.3, 0.4) is 0 Å². The quantitative estimate of drug-likeness (QED) is 0.833. The highest BCUT2D eigenvalue weighted by molar-refractivity contribution is 5.21. The van der Waals surface area contributed by atoms with E-state index in [1.807, 2.05) is 0 Å². The zero-order valence-electron chi connectivity index (χ0n) is 10.6. The first kappa shape index (κ1) is 11.2. The molecular weight excluding hydrogens is 208 g/mol. The van der Waals surface area contributed by atoms with Crippen molar-refractivity contribution in [1.82, 2.24) is 10.6 Å². The lowest BCUT2D eigenvalue weighted by atomic mass is 9.99. The van der Waals surface area contributed by atoms with E-state index in [-0.39, 0.29) is 0 Å². The van der Waals surface area contributed by atoms with E-state index in [2.05, 4.69) is 41.8 Å². The Labute approximate surface area is 104 Å². The predicted molar refractivity (Wildman–Crippen MR) is 71.0 cm³/mol. The predicted octanol–water partition coefficient (Wildman–Crippen LogP) is 2.37. The molecule has 1 aromatic carbocycles. The summed E-state index contributed by atoms with van der Waals surface area (Å²) < 4.78 is 0. The van der Waals surface area contributed by atoms with Crippen LogP contribution < -0.4 is 10.6 Å². The van der Waals surface area contributed by atoms with Crippen LogP contribution in [0.25, 0.3) is 0 Å². The second-order valence-electron chi connectivity index (χ2n) is 5.67. The first-order valence-corrected chi connectivity index (χ1v) is 6.84. The van der Waals surface area contributed by atoms with Gasteiger partial charge in [-0.3, -0.25) is 0 Å². The molecule has 17 heavy (non-hydrogen) atoms. The molecule has 2 heterocycles. The highest BCUT2D eigenvalue weighted by atomic mass is 15.0. The normalized spacial score (nSPS) is 31.7. The number of hydrogen-bond acceptors (Lipinski definition) is 2. The van der Waals surface area contributed by atoms with Gasteiger partial charge in [-0.05, 0) is 38.2 Å². The molecule has 2 heteroatoms. The van der Waals surface area contributed by atoms with Crippen molar-refractivity contribution in [3.63, 3.8) is 0 Å². The Hall–Kier alpha value is -0.860. The van der Waals surface area contributed by atoms with Gasteiger partial charge in [0.25, 0.3) is 0 Å². The number of aryl methyl sites for hydroxylation is 1. The molecule has 0 amide bonds. The van der Waals surface area contributed by atoms with E-state index in [1.165, 1.54) is 36.8 Å². The van der Waals surface area contributed by atoms with Crippen molar-refractivity contribution >= 4 is 0 Å². The summed E-state index contributed by atoms with van der Waals surface area (Å²) in [5.74, 6) is 0. The van der Waals surface area contributed by atoms with Gasteiger partial charge >= 0.3 is 0 Å². The summed E-state index contributed by atoms with van der Waals surface area (Å²) in [6, 6.07) is 11.1. The summed E-state index contributed by atoms with van der Waals surface area (Å²) in [4.78, 5) is 0. The third kappa shape index (κ3) is 2.70. The molecule has 2 aliphatic rings. The minimum atomic E-state index is 0.718. The largest absolute Gasteiger partial charge is 0.311 e. The maximum absolute atomic E-state index is 3.72. The molecule has 92 valence electrons. The van der Waals surface area contributed by atoms with Crippen LogP contribution in [0, 0.1) is 6.92 Å². The van der Waals surface area contributed by atoms with Gasteiger partial charge in [-0.15, -0.1) is 0 Å². The maximum atomic E-state index is 3.72. The average Bonchev–Trinajstić information content (AvgIpc) is 2.68. The summed E-state index contributed by atoms with van der Waals surface area (Å²) in [6.45, 7) is 3.16. The van der Waals surface area contributed by atoms with E-state index < -0.39 is 0 Å². The number of hydrogen-bond donors (Lipinski definition) is 2. The van der Waals surface area contributed by atoms with E-state index >= 15 is 0 Å². The number of nitrogens with one attached hydrogen (secondary N) is 2. The number of fused-ring (bicyclic) bond motifs is 2. The smallest absolute Gasteiger partial charge is 0.0208 e. The molecule has 0 spiro atoms. The first-order chi connectivity index (χ1) is 8.29. The first-order valence-electron chi connectivity index (χ1n) is 6.84. The third-order valence-corrected chi connectivity index (χ3v) is 4.19. The van der Waals surface area contributed by atoms with Gasteiger partial charge in [-0.1, -0.05) is 29.8 Å². The Morgan fingerprint density at radius 3 is 2.41 bits per heavy atom. The topological polar surface area (TPSA) is 24.1 Å². The van der Waals surface area contributed by atoms with Crippen LogP contribution in [0.2, 0.25) is 0 Å². The van der Waals surface area contributed by atoms with E-state index in [0.29, 0.717) is 0 Å². The van der Waals surface area contributed by atoms with Crippen LogP contribution in [0.1, 0.15) is 36.8 Å². The van der Waals surface area contributed by atoms with Gasteiger partial charge in [0.05, 0.1) is 0 Å². The molecule has 0 radical (unpaired) electrons. The van der Waals surface area contributed by atoms with Gasteiger partial charge < -0.3 is 10.6 Å². The van der Waals surface area contributed by atoms with Crippen molar-refractivity contribution in [2.45, 2.75) is 57.3 Å². The van der Waals surface area contributed by atoms with Gasteiger partial charge in [0, 0.05) is 24.7 Å². The lowest BCUT2D eigenvalue weighted by molar-refractivity contribution is 0.316. The fourth-order valence-electron chi connectivity index (χ4n) is 3.19. The van der Waals surface area contributed by atoms with Gasteiger partial charge in [0.15, 0.2) is 0 Å². The molecule has 0 aromatic heterocycles. The van der Waals surface area contributed by atoms with E-state index in [0.717, 1.165) is 24.7 Å². The van der Waals surface area contributed by atoms with Crippen molar-refractivity contribution in [3.8, 4) is 0 Å². The van der Waals surface area contributed by atoms with Crippen molar-refractivity contribution in [2.24, 2.45) is 0 Å². The standard InChI is InChI=1S/C15H22N2/c1-11-2-4-12(5-3-11)10-16-15-8-13-6-7-14(9-15)17-13/h2-5,13-17H,6-10H2,1H3/t13-,14+,15?. The lowest BCUT2D eigenvalue weighted by Crippen LogP contribution is -2.46. The minimum absolute atomic E-state index is 0.718. The summed E-state index contributed by atoms with van der Waals surface area (Å²) in [5.41, 5.74) is 2.75. The molecule has 0 saturated carbocycles. The summed E-state index contributed by atoms with van der Waals surface area (Å²) >= 11 is 0. The second-order valence-corrected chi connectivity index (χ2v) is 5.67. The molecule has 2 nitrogen and oxygen atoms in total. The lowest BCUT2D eigenvalue weighted by Gasteiger charge is -2.29. The molecule has 2 N–H and O–H groups in total. The van der Waals surface area contributed by atoms with Gasteiger partial charge in [-0.2, -0.15) is 0 Å². The molecule has 2 bridgehead atoms. The fourth-order valence-corrected chi connectivity index (χ4v) is 3.19. The zero-order valence-corrected chi connectivity index (χ0v) is 10.6. The average molecular weight is 230 g/mol.